The fourth-order valence-electron chi connectivity index (χ4n) is 1.72. The van der Waals surface area contributed by atoms with Crippen LogP contribution in [0.1, 0.15) is 37.8 Å². The predicted octanol–water partition coefficient (Wildman–Crippen LogP) is 2.43. The lowest BCUT2D eigenvalue weighted by Crippen LogP contribution is -2.20. The molecule has 0 amide bonds. The Labute approximate surface area is 92.2 Å². The van der Waals surface area contributed by atoms with E-state index in [-0.39, 0.29) is 0 Å². The van der Waals surface area contributed by atoms with Gasteiger partial charge in [0.25, 0.3) is 0 Å². The van der Waals surface area contributed by atoms with Crippen molar-refractivity contribution in [2.75, 3.05) is 6.54 Å². The number of nitrogens with zero attached hydrogens (tertiary/aromatic N) is 2. The molecule has 0 fully saturated rings. The maximum atomic E-state index is 4.20. The molecule has 0 aromatic carbocycles. The molecule has 0 bridgehead atoms. The molecule has 1 atom stereocenters. The van der Waals surface area contributed by atoms with Crippen molar-refractivity contribution in [3.63, 3.8) is 0 Å². The van der Waals surface area contributed by atoms with Crippen LogP contribution >= 0.6 is 0 Å². The van der Waals surface area contributed by atoms with Crippen molar-refractivity contribution < 1.29 is 0 Å². The molecule has 1 heterocycles. The van der Waals surface area contributed by atoms with E-state index in [1.165, 1.54) is 12.0 Å². The highest BCUT2D eigenvalue weighted by atomic mass is 15.2. The molecule has 84 valence electrons. The van der Waals surface area contributed by atoms with Gasteiger partial charge in [-0.2, -0.15) is 5.10 Å². The van der Waals surface area contributed by atoms with Gasteiger partial charge in [0, 0.05) is 24.8 Å². The van der Waals surface area contributed by atoms with Crippen molar-refractivity contribution in [1.29, 1.82) is 0 Å². The first-order chi connectivity index (χ1) is 7.27. The van der Waals surface area contributed by atoms with Crippen molar-refractivity contribution in [3.05, 3.63) is 30.6 Å². The second-order valence-electron chi connectivity index (χ2n) is 3.78. The standard InChI is InChI=1S/C12H21N3/c1-4-6-7-8-12(13-5-2)11-9-14-15(3)10-11/h4,9-10,12-13H,1,5-8H2,2-3H3. The van der Waals surface area contributed by atoms with Gasteiger partial charge in [0.15, 0.2) is 0 Å². The molecule has 1 aromatic heterocycles. The van der Waals surface area contributed by atoms with E-state index < -0.39 is 0 Å². The summed E-state index contributed by atoms with van der Waals surface area (Å²) >= 11 is 0. The van der Waals surface area contributed by atoms with Crippen LogP contribution in [0.2, 0.25) is 0 Å². The van der Waals surface area contributed by atoms with Crippen molar-refractivity contribution >= 4 is 0 Å². The van der Waals surface area contributed by atoms with E-state index in [1.807, 2.05) is 24.0 Å². The summed E-state index contributed by atoms with van der Waals surface area (Å²) in [5, 5.41) is 7.69. The van der Waals surface area contributed by atoms with Crippen LogP contribution in [0.15, 0.2) is 25.0 Å². The molecular formula is C12H21N3. The van der Waals surface area contributed by atoms with Crippen LogP contribution < -0.4 is 5.32 Å². The van der Waals surface area contributed by atoms with Crippen LogP contribution in [0.25, 0.3) is 0 Å². The SMILES string of the molecule is C=CCCCC(NCC)c1cnn(C)c1. The van der Waals surface area contributed by atoms with Crippen LogP contribution in [-0.4, -0.2) is 16.3 Å². The Morgan fingerprint density at radius 3 is 3.00 bits per heavy atom. The zero-order valence-corrected chi connectivity index (χ0v) is 9.74. The number of hydrogen-bond acceptors (Lipinski definition) is 2. The molecule has 1 N–H and O–H groups in total. The highest BCUT2D eigenvalue weighted by Crippen LogP contribution is 2.18. The number of aryl methyl sites for hydroxylation is 1. The Kier molecular flexibility index (Phi) is 5.12. The molecule has 0 spiro atoms. The van der Waals surface area contributed by atoms with E-state index in [2.05, 4.69) is 30.1 Å². The second-order valence-corrected chi connectivity index (χ2v) is 3.78. The van der Waals surface area contributed by atoms with Gasteiger partial charge in [-0.3, -0.25) is 4.68 Å². The van der Waals surface area contributed by atoms with E-state index in [0.29, 0.717) is 6.04 Å². The average molecular weight is 207 g/mol. The van der Waals surface area contributed by atoms with Gasteiger partial charge < -0.3 is 5.32 Å². The highest BCUT2D eigenvalue weighted by molar-refractivity contribution is 5.10. The fraction of sp³-hybridized carbons (Fsp3) is 0.583. The van der Waals surface area contributed by atoms with Gasteiger partial charge in [-0.25, -0.2) is 0 Å². The molecule has 1 aromatic rings. The number of allylic oxidation sites excluding steroid dienone is 1. The Hall–Kier alpha value is -1.09. The third-order valence-electron chi connectivity index (χ3n) is 2.48. The minimum absolute atomic E-state index is 0.434. The van der Waals surface area contributed by atoms with Crippen molar-refractivity contribution in [2.45, 2.75) is 32.2 Å². The Morgan fingerprint density at radius 2 is 2.47 bits per heavy atom. The van der Waals surface area contributed by atoms with Crippen molar-refractivity contribution in [2.24, 2.45) is 7.05 Å². The minimum Gasteiger partial charge on any atom is -0.310 e. The van der Waals surface area contributed by atoms with E-state index in [0.717, 1.165) is 19.4 Å². The first-order valence-corrected chi connectivity index (χ1v) is 5.60. The lowest BCUT2D eigenvalue weighted by Gasteiger charge is -2.15. The zero-order valence-electron chi connectivity index (χ0n) is 9.74. The van der Waals surface area contributed by atoms with E-state index in [9.17, 15) is 0 Å². The van der Waals surface area contributed by atoms with Crippen molar-refractivity contribution in [3.8, 4) is 0 Å². The number of aromatic nitrogens is 2. The predicted molar refractivity (Wildman–Crippen MR) is 63.7 cm³/mol. The molecular weight excluding hydrogens is 186 g/mol. The van der Waals surface area contributed by atoms with Gasteiger partial charge in [-0.1, -0.05) is 13.0 Å². The largest absolute Gasteiger partial charge is 0.310 e. The van der Waals surface area contributed by atoms with Gasteiger partial charge in [-0.15, -0.1) is 6.58 Å². The molecule has 3 heteroatoms. The van der Waals surface area contributed by atoms with Gasteiger partial charge in [0.1, 0.15) is 0 Å². The normalized spacial score (nSPS) is 12.7. The summed E-state index contributed by atoms with van der Waals surface area (Å²) in [6, 6.07) is 0.434. The van der Waals surface area contributed by atoms with Crippen LogP contribution in [0.5, 0.6) is 0 Å². The summed E-state index contributed by atoms with van der Waals surface area (Å²) in [6.45, 7) is 6.87. The molecule has 0 aliphatic carbocycles. The van der Waals surface area contributed by atoms with Gasteiger partial charge in [0.05, 0.1) is 6.20 Å². The van der Waals surface area contributed by atoms with Crippen LogP contribution in [-0.2, 0) is 7.05 Å². The molecule has 15 heavy (non-hydrogen) atoms. The third kappa shape index (κ3) is 3.88. The van der Waals surface area contributed by atoms with Crippen LogP contribution in [0.4, 0.5) is 0 Å². The fourth-order valence-corrected chi connectivity index (χ4v) is 1.72. The van der Waals surface area contributed by atoms with Gasteiger partial charge >= 0.3 is 0 Å². The number of hydrogen-bond donors (Lipinski definition) is 1. The molecule has 0 saturated carbocycles. The van der Waals surface area contributed by atoms with E-state index >= 15 is 0 Å². The minimum atomic E-state index is 0.434. The maximum absolute atomic E-state index is 4.20. The molecule has 0 saturated heterocycles. The monoisotopic (exact) mass is 207 g/mol. The van der Waals surface area contributed by atoms with E-state index in [1.54, 1.807) is 0 Å². The quantitative estimate of drug-likeness (QED) is 0.549. The van der Waals surface area contributed by atoms with Crippen LogP contribution in [0.3, 0.4) is 0 Å². The summed E-state index contributed by atoms with van der Waals surface area (Å²) in [4.78, 5) is 0. The maximum Gasteiger partial charge on any atom is 0.0537 e. The Balaban J connectivity index is 2.52. The van der Waals surface area contributed by atoms with Gasteiger partial charge in [0.2, 0.25) is 0 Å². The van der Waals surface area contributed by atoms with E-state index in [4.69, 9.17) is 0 Å². The smallest absolute Gasteiger partial charge is 0.0537 e. The summed E-state index contributed by atoms with van der Waals surface area (Å²) < 4.78 is 1.85. The Bertz CT molecular complexity index is 291. The molecule has 0 radical (unpaired) electrons. The molecule has 1 unspecified atom stereocenters. The lowest BCUT2D eigenvalue weighted by molar-refractivity contribution is 0.500. The second kappa shape index (κ2) is 6.40. The number of nitrogens with one attached hydrogen (secondary N) is 1. The average Bonchev–Trinajstić information content (AvgIpc) is 2.64. The highest BCUT2D eigenvalue weighted by Gasteiger charge is 2.10. The topological polar surface area (TPSA) is 29.9 Å². The number of rotatable bonds is 7. The summed E-state index contributed by atoms with van der Waals surface area (Å²) in [6.07, 6.45) is 9.42. The molecule has 1 rings (SSSR count). The first-order valence-electron chi connectivity index (χ1n) is 5.60. The summed E-state index contributed by atoms with van der Waals surface area (Å²) in [5.74, 6) is 0. The third-order valence-corrected chi connectivity index (χ3v) is 2.48. The summed E-state index contributed by atoms with van der Waals surface area (Å²) in [5.41, 5.74) is 1.28. The summed E-state index contributed by atoms with van der Waals surface area (Å²) in [7, 11) is 1.95. The molecule has 0 aliphatic rings. The zero-order chi connectivity index (χ0) is 11.1. The number of unbranched alkanes of at least 4 members (excludes halogenated alkanes) is 1. The first kappa shape index (κ1) is 12.0. The van der Waals surface area contributed by atoms with Gasteiger partial charge in [-0.05, 0) is 25.8 Å². The van der Waals surface area contributed by atoms with Crippen molar-refractivity contribution in [1.82, 2.24) is 15.1 Å². The molecule has 3 nitrogen and oxygen atoms in total. The lowest BCUT2D eigenvalue weighted by atomic mass is 10.0. The molecule has 0 aliphatic heterocycles. The van der Waals surface area contributed by atoms with Crippen LogP contribution in [0, 0.1) is 0 Å². The Morgan fingerprint density at radius 1 is 1.67 bits per heavy atom.